The molecule has 0 spiro atoms. The molecule has 5 heteroatoms. The Balaban J connectivity index is 2.35. The second kappa shape index (κ2) is 7.43. The molecule has 0 bridgehead atoms. The summed E-state index contributed by atoms with van der Waals surface area (Å²) in [5, 5.41) is 2.97. The van der Waals surface area contributed by atoms with Crippen molar-refractivity contribution in [2.24, 2.45) is 5.41 Å². The first-order chi connectivity index (χ1) is 9.38. The van der Waals surface area contributed by atoms with Crippen LogP contribution in [0.4, 0.5) is 0 Å². The van der Waals surface area contributed by atoms with Crippen molar-refractivity contribution in [1.82, 2.24) is 14.9 Å². The smallest absolute Gasteiger partial charge is 0.227 e. The number of nitrogens with zero attached hydrogens (tertiary/aromatic N) is 2. The van der Waals surface area contributed by atoms with E-state index in [0.717, 1.165) is 18.8 Å². The van der Waals surface area contributed by atoms with Gasteiger partial charge in [-0.2, -0.15) is 0 Å². The Morgan fingerprint density at radius 2 is 2.20 bits per heavy atom. The van der Waals surface area contributed by atoms with Gasteiger partial charge in [-0.25, -0.2) is 4.98 Å². The summed E-state index contributed by atoms with van der Waals surface area (Å²) in [5.41, 5.74) is -0.479. The lowest BCUT2D eigenvalue weighted by molar-refractivity contribution is -0.131. The number of hydrogen-bond donors (Lipinski definition) is 1. The van der Waals surface area contributed by atoms with Crippen LogP contribution >= 0.6 is 0 Å². The van der Waals surface area contributed by atoms with Gasteiger partial charge in [-0.3, -0.25) is 4.79 Å². The molecule has 1 N–H and O–H groups in total. The molecule has 1 aromatic heterocycles. The fraction of sp³-hybridized carbons (Fsp3) is 0.733. The van der Waals surface area contributed by atoms with Gasteiger partial charge in [0.1, 0.15) is 5.82 Å². The second-order valence-corrected chi connectivity index (χ2v) is 6.06. The van der Waals surface area contributed by atoms with Gasteiger partial charge in [0.25, 0.3) is 0 Å². The van der Waals surface area contributed by atoms with E-state index in [4.69, 9.17) is 4.74 Å². The number of aromatic nitrogens is 2. The van der Waals surface area contributed by atoms with E-state index in [1.807, 2.05) is 26.2 Å². The molecule has 5 nitrogen and oxygen atoms in total. The highest BCUT2D eigenvalue weighted by atomic mass is 16.5. The minimum Gasteiger partial charge on any atom is -0.384 e. The SMILES string of the molecule is COCC(C)(C)C(=O)NCCCn1ccnc1C(C)C. The molecule has 0 atom stereocenters. The number of rotatable bonds is 8. The maximum atomic E-state index is 12.0. The van der Waals surface area contributed by atoms with Gasteiger partial charge in [0.05, 0.1) is 12.0 Å². The zero-order valence-electron chi connectivity index (χ0n) is 13.3. The lowest BCUT2D eigenvalue weighted by Crippen LogP contribution is -2.40. The van der Waals surface area contributed by atoms with Crippen LogP contribution in [0.5, 0.6) is 0 Å². The van der Waals surface area contributed by atoms with Crippen LogP contribution in [-0.2, 0) is 16.1 Å². The van der Waals surface area contributed by atoms with E-state index in [1.165, 1.54) is 0 Å². The number of ether oxygens (including phenoxy) is 1. The zero-order chi connectivity index (χ0) is 15.2. The molecule has 0 fully saturated rings. The molecule has 114 valence electrons. The Morgan fingerprint density at radius 1 is 1.50 bits per heavy atom. The number of carbonyl (C=O) groups is 1. The van der Waals surface area contributed by atoms with Crippen LogP contribution in [0, 0.1) is 5.41 Å². The molecule has 0 aliphatic carbocycles. The highest BCUT2D eigenvalue weighted by Gasteiger charge is 2.26. The summed E-state index contributed by atoms with van der Waals surface area (Å²) >= 11 is 0. The van der Waals surface area contributed by atoms with E-state index in [0.29, 0.717) is 19.1 Å². The summed E-state index contributed by atoms with van der Waals surface area (Å²) in [4.78, 5) is 16.3. The first kappa shape index (κ1) is 16.7. The Hall–Kier alpha value is -1.36. The van der Waals surface area contributed by atoms with E-state index in [1.54, 1.807) is 7.11 Å². The fourth-order valence-electron chi connectivity index (χ4n) is 2.13. The predicted molar refractivity (Wildman–Crippen MR) is 79.6 cm³/mol. The molecule has 0 radical (unpaired) electrons. The van der Waals surface area contributed by atoms with Crippen LogP contribution in [0.1, 0.15) is 45.9 Å². The molecular formula is C15H27N3O2. The number of carbonyl (C=O) groups excluding carboxylic acids is 1. The first-order valence-corrected chi connectivity index (χ1v) is 7.16. The maximum absolute atomic E-state index is 12.0. The van der Waals surface area contributed by atoms with E-state index < -0.39 is 5.41 Å². The molecule has 1 aromatic rings. The minimum atomic E-state index is -0.479. The molecule has 0 unspecified atom stereocenters. The molecule has 1 amide bonds. The summed E-state index contributed by atoms with van der Waals surface area (Å²) in [7, 11) is 1.61. The number of methoxy groups -OCH3 is 1. The average Bonchev–Trinajstić information content (AvgIpc) is 2.82. The van der Waals surface area contributed by atoms with Crippen molar-refractivity contribution in [1.29, 1.82) is 0 Å². The minimum absolute atomic E-state index is 0.0362. The molecule has 20 heavy (non-hydrogen) atoms. The Kier molecular flexibility index (Phi) is 6.20. The van der Waals surface area contributed by atoms with Gasteiger partial charge in [0.2, 0.25) is 5.91 Å². The summed E-state index contributed by atoms with van der Waals surface area (Å²) in [6.07, 6.45) is 4.71. The van der Waals surface area contributed by atoms with Gasteiger partial charge in [-0.05, 0) is 20.3 Å². The van der Waals surface area contributed by atoms with Crippen LogP contribution < -0.4 is 5.32 Å². The van der Waals surface area contributed by atoms with E-state index in [9.17, 15) is 4.79 Å². The van der Waals surface area contributed by atoms with Crippen molar-refractivity contribution < 1.29 is 9.53 Å². The molecule has 0 saturated heterocycles. The van der Waals surface area contributed by atoms with Gasteiger partial charge in [-0.1, -0.05) is 13.8 Å². The number of imidazole rings is 1. The van der Waals surface area contributed by atoms with Crippen molar-refractivity contribution in [2.75, 3.05) is 20.3 Å². The number of amides is 1. The highest BCUT2D eigenvalue weighted by molar-refractivity contribution is 5.81. The monoisotopic (exact) mass is 281 g/mol. The predicted octanol–water partition coefficient (Wildman–Crippen LogP) is 2.19. The topological polar surface area (TPSA) is 56.1 Å². The van der Waals surface area contributed by atoms with Gasteiger partial charge in [0, 0.05) is 38.5 Å². The molecule has 0 aliphatic heterocycles. The second-order valence-electron chi connectivity index (χ2n) is 6.06. The van der Waals surface area contributed by atoms with Crippen LogP contribution in [0.25, 0.3) is 0 Å². The largest absolute Gasteiger partial charge is 0.384 e. The van der Waals surface area contributed by atoms with Crippen LogP contribution in [0.3, 0.4) is 0 Å². The molecular weight excluding hydrogens is 254 g/mol. The van der Waals surface area contributed by atoms with Crippen LogP contribution in [0.2, 0.25) is 0 Å². The number of hydrogen-bond acceptors (Lipinski definition) is 3. The van der Waals surface area contributed by atoms with Crippen molar-refractivity contribution >= 4 is 5.91 Å². The van der Waals surface area contributed by atoms with Crippen molar-refractivity contribution in [3.05, 3.63) is 18.2 Å². The lowest BCUT2D eigenvalue weighted by atomic mass is 9.93. The van der Waals surface area contributed by atoms with Crippen molar-refractivity contribution in [3.8, 4) is 0 Å². The Labute approximate surface area is 121 Å². The summed E-state index contributed by atoms with van der Waals surface area (Å²) in [6.45, 7) is 10.0. The average molecular weight is 281 g/mol. The summed E-state index contributed by atoms with van der Waals surface area (Å²) in [5.74, 6) is 1.55. The number of nitrogens with one attached hydrogen (secondary N) is 1. The normalized spacial score (nSPS) is 11.9. The fourth-order valence-corrected chi connectivity index (χ4v) is 2.13. The maximum Gasteiger partial charge on any atom is 0.227 e. The number of aryl methyl sites for hydroxylation is 1. The third-order valence-electron chi connectivity index (χ3n) is 3.25. The first-order valence-electron chi connectivity index (χ1n) is 7.16. The third kappa shape index (κ3) is 4.63. The van der Waals surface area contributed by atoms with Crippen LogP contribution in [0.15, 0.2) is 12.4 Å². The van der Waals surface area contributed by atoms with E-state index in [2.05, 4.69) is 28.7 Å². The summed E-state index contributed by atoms with van der Waals surface area (Å²) in [6, 6.07) is 0. The van der Waals surface area contributed by atoms with Gasteiger partial charge in [0.15, 0.2) is 0 Å². The van der Waals surface area contributed by atoms with Gasteiger partial charge >= 0.3 is 0 Å². The standard InChI is InChI=1S/C15H27N3O2/c1-12(2)13-16-8-10-18(13)9-6-7-17-14(19)15(3,4)11-20-5/h8,10,12H,6-7,9,11H2,1-5H3,(H,17,19). The van der Waals surface area contributed by atoms with Gasteiger partial charge in [-0.15, -0.1) is 0 Å². The van der Waals surface area contributed by atoms with Gasteiger partial charge < -0.3 is 14.6 Å². The molecule has 0 aliphatic rings. The third-order valence-corrected chi connectivity index (χ3v) is 3.25. The molecule has 0 saturated carbocycles. The lowest BCUT2D eigenvalue weighted by Gasteiger charge is -2.22. The van der Waals surface area contributed by atoms with Crippen molar-refractivity contribution in [2.45, 2.75) is 46.6 Å². The Morgan fingerprint density at radius 3 is 2.80 bits per heavy atom. The highest BCUT2D eigenvalue weighted by Crippen LogP contribution is 2.15. The quantitative estimate of drug-likeness (QED) is 0.743. The Bertz CT molecular complexity index is 425. The molecule has 1 heterocycles. The van der Waals surface area contributed by atoms with Crippen LogP contribution in [-0.4, -0.2) is 35.7 Å². The molecule has 0 aromatic carbocycles. The van der Waals surface area contributed by atoms with Crippen molar-refractivity contribution in [3.63, 3.8) is 0 Å². The van der Waals surface area contributed by atoms with E-state index >= 15 is 0 Å². The zero-order valence-corrected chi connectivity index (χ0v) is 13.3. The molecule has 1 rings (SSSR count). The summed E-state index contributed by atoms with van der Waals surface area (Å²) < 4.78 is 7.21. The van der Waals surface area contributed by atoms with E-state index in [-0.39, 0.29) is 5.91 Å².